The van der Waals surface area contributed by atoms with E-state index in [0.717, 1.165) is 5.56 Å². The van der Waals surface area contributed by atoms with Crippen molar-refractivity contribution in [3.8, 4) is 11.4 Å². The van der Waals surface area contributed by atoms with Gasteiger partial charge in [0.25, 0.3) is 0 Å². The fourth-order valence-electron chi connectivity index (χ4n) is 1.96. The van der Waals surface area contributed by atoms with Gasteiger partial charge in [0.2, 0.25) is 11.7 Å². The number of anilines is 1. The minimum absolute atomic E-state index is 0.213. The van der Waals surface area contributed by atoms with Gasteiger partial charge in [-0.1, -0.05) is 32.7 Å². The summed E-state index contributed by atoms with van der Waals surface area (Å²) in [5, 5.41) is 10.4. The first-order chi connectivity index (χ1) is 12.0. The van der Waals surface area contributed by atoms with Crippen LogP contribution in [0, 0.1) is 5.82 Å². The van der Waals surface area contributed by atoms with E-state index in [1.807, 2.05) is 0 Å². The number of nitrogens with zero attached hydrogens (tertiary/aromatic N) is 2. The molecule has 0 aliphatic rings. The van der Waals surface area contributed by atoms with Gasteiger partial charge in [0.1, 0.15) is 5.82 Å². The monoisotopic (exact) mass is 440 g/mol. The van der Waals surface area contributed by atoms with Crippen LogP contribution in [-0.2, 0) is 6.54 Å². The second kappa shape index (κ2) is 7.90. The van der Waals surface area contributed by atoms with E-state index in [1.165, 1.54) is 6.07 Å². The molecule has 3 aromatic rings. The first-order valence-corrected chi connectivity index (χ1v) is 8.67. The molecular formula is C16H11BrClFN4OS. The Labute approximate surface area is 161 Å². The quantitative estimate of drug-likeness (QED) is 0.568. The third kappa shape index (κ3) is 4.75. The lowest BCUT2D eigenvalue weighted by Gasteiger charge is -2.09. The lowest BCUT2D eigenvalue weighted by molar-refractivity contribution is 0.376. The molecule has 1 heterocycles. The molecule has 0 amide bonds. The molecule has 0 aliphatic carbocycles. The van der Waals surface area contributed by atoms with Crippen LogP contribution in [0.2, 0.25) is 5.02 Å². The number of aromatic nitrogens is 2. The topological polar surface area (TPSA) is 63.0 Å². The van der Waals surface area contributed by atoms with E-state index in [1.54, 1.807) is 36.4 Å². The van der Waals surface area contributed by atoms with Crippen LogP contribution in [0.4, 0.5) is 10.1 Å². The zero-order chi connectivity index (χ0) is 17.8. The lowest BCUT2D eigenvalue weighted by Crippen LogP contribution is -2.28. The van der Waals surface area contributed by atoms with Gasteiger partial charge in [0, 0.05) is 15.1 Å². The minimum atomic E-state index is -0.415. The Morgan fingerprint density at radius 1 is 1.24 bits per heavy atom. The maximum Gasteiger partial charge on any atom is 0.246 e. The molecule has 0 saturated carbocycles. The van der Waals surface area contributed by atoms with Crippen LogP contribution in [0.1, 0.15) is 5.89 Å². The van der Waals surface area contributed by atoms with Crippen LogP contribution in [0.25, 0.3) is 11.4 Å². The van der Waals surface area contributed by atoms with E-state index >= 15 is 0 Å². The smallest absolute Gasteiger partial charge is 0.246 e. The molecule has 9 heteroatoms. The molecule has 128 valence electrons. The lowest BCUT2D eigenvalue weighted by atomic mass is 10.2. The second-order valence-electron chi connectivity index (χ2n) is 4.95. The van der Waals surface area contributed by atoms with E-state index in [4.69, 9.17) is 28.3 Å². The van der Waals surface area contributed by atoms with Gasteiger partial charge in [-0.25, -0.2) is 4.39 Å². The predicted octanol–water partition coefficient (Wildman–Crippen LogP) is 4.78. The zero-order valence-electron chi connectivity index (χ0n) is 12.6. The maximum atomic E-state index is 13.8. The number of benzene rings is 2. The summed E-state index contributed by atoms with van der Waals surface area (Å²) in [4.78, 5) is 4.27. The first-order valence-electron chi connectivity index (χ1n) is 7.10. The number of hydrogen-bond acceptors (Lipinski definition) is 4. The van der Waals surface area contributed by atoms with Crippen molar-refractivity contribution < 1.29 is 8.91 Å². The molecule has 0 saturated heterocycles. The average molecular weight is 442 g/mol. The highest BCUT2D eigenvalue weighted by Crippen LogP contribution is 2.20. The van der Waals surface area contributed by atoms with Gasteiger partial charge in [0.15, 0.2) is 5.11 Å². The Morgan fingerprint density at radius 3 is 2.72 bits per heavy atom. The molecule has 0 fully saturated rings. The van der Waals surface area contributed by atoms with E-state index in [2.05, 4.69) is 36.7 Å². The van der Waals surface area contributed by atoms with Crippen molar-refractivity contribution in [1.29, 1.82) is 0 Å². The van der Waals surface area contributed by atoms with Crippen molar-refractivity contribution in [3.05, 3.63) is 63.7 Å². The van der Waals surface area contributed by atoms with Gasteiger partial charge in [0.05, 0.1) is 12.2 Å². The summed E-state index contributed by atoms with van der Waals surface area (Å²) in [5.74, 6) is 0.387. The van der Waals surface area contributed by atoms with Gasteiger partial charge in [-0.05, 0) is 54.7 Å². The standard InChI is InChI=1S/C16H11BrClFN4OS/c17-10-3-6-13(12(19)7-10)21-16(25)20-8-14-22-15(23-24-14)9-1-4-11(18)5-2-9/h1-7H,8H2,(H2,20,21,25). The molecule has 0 aliphatic heterocycles. The first kappa shape index (κ1) is 17.8. The van der Waals surface area contributed by atoms with E-state index < -0.39 is 5.82 Å². The van der Waals surface area contributed by atoms with E-state index in [0.29, 0.717) is 21.2 Å². The zero-order valence-corrected chi connectivity index (χ0v) is 15.8. The fraction of sp³-hybridized carbons (Fsp3) is 0.0625. The molecule has 0 bridgehead atoms. The molecule has 2 N–H and O–H groups in total. The fourth-order valence-corrected chi connectivity index (χ4v) is 2.60. The molecule has 1 aromatic heterocycles. The summed E-state index contributed by atoms with van der Waals surface area (Å²) in [5.41, 5.74) is 1.06. The highest BCUT2D eigenvalue weighted by atomic mass is 79.9. The Bertz CT molecular complexity index is 903. The van der Waals surface area contributed by atoms with Crippen molar-refractivity contribution in [2.75, 3.05) is 5.32 Å². The molecule has 2 aromatic carbocycles. The van der Waals surface area contributed by atoms with Gasteiger partial charge >= 0.3 is 0 Å². The molecular weight excluding hydrogens is 431 g/mol. The van der Waals surface area contributed by atoms with Crippen LogP contribution < -0.4 is 10.6 Å². The van der Waals surface area contributed by atoms with Crippen LogP contribution in [0.3, 0.4) is 0 Å². The van der Waals surface area contributed by atoms with Crippen LogP contribution >= 0.6 is 39.7 Å². The molecule has 5 nitrogen and oxygen atoms in total. The third-order valence-electron chi connectivity index (χ3n) is 3.15. The minimum Gasteiger partial charge on any atom is -0.353 e. The molecule has 0 radical (unpaired) electrons. The Morgan fingerprint density at radius 2 is 2.00 bits per heavy atom. The predicted molar refractivity (Wildman–Crippen MR) is 102 cm³/mol. The summed E-state index contributed by atoms with van der Waals surface area (Å²) >= 11 is 14.2. The molecule has 0 atom stereocenters. The second-order valence-corrected chi connectivity index (χ2v) is 6.71. The maximum absolute atomic E-state index is 13.8. The Kier molecular flexibility index (Phi) is 5.62. The molecule has 3 rings (SSSR count). The molecule has 0 spiro atoms. The largest absolute Gasteiger partial charge is 0.353 e. The summed E-state index contributed by atoms with van der Waals surface area (Å²) in [6.07, 6.45) is 0. The third-order valence-corrected chi connectivity index (χ3v) is 4.14. The molecule has 25 heavy (non-hydrogen) atoms. The number of thiocarbonyl (C=S) groups is 1. The average Bonchev–Trinajstić information content (AvgIpc) is 3.05. The van der Waals surface area contributed by atoms with Crippen LogP contribution in [0.15, 0.2) is 51.5 Å². The number of rotatable bonds is 4. The van der Waals surface area contributed by atoms with E-state index in [-0.39, 0.29) is 17.3 Å². The van der Waals surface area contributed by atoms with Crippen molar-refractivity contribution >= 4 is 50.5 Å². The van der Waals surface area contributed by atoms with Crippen LogP contribution in [0.5, 0.6) is 0 Å². The van der Waals surface area contributed by atoms with Gasteiger partial charge < -0.3 is 15.2 Å². The Balaban J connectivity index is 1.58. The normalized spacial score (nSPS) is 10.5. The van der Waals surface area contributed by atoms with Crippen molar-refractivity contribution in [1.82, 2.24) is 15.5 Å². The summed E-state index contributed by atoms with van der Waals surface area (Å²) in [6, 6.07) is 11.7. The van der Waals surface area contributed by atoms with Gasteiger partial charge in [-0.15, -0.1) is 0 Å². The highest BCUT2D eigenvalue weighted by molar-refractivity contribution is 9.10. The van der Waals surface area contributed by atoms with Gasteiger partial charge in [-0.2, -0.15) is 4.98 Å². The van der Waals surface area contributed by atoms with Crippen molar-refractivity contribution in [2.24, 2.45) is 0 Å². The number of halogens is 3. The SMILES string of the molecule is Fc1cc(Br)ccc1NC(=S)NCc1nc(-c2ccc(Cl)cc2)no1. The van der Waals surface area contributed by atoms with Gasteiger partial charge in [-0.3, -0.25) is 0 Å². The summed E-state index contributed by atoms with van der Waals surface area (Å²) in [7, 11) is 0. The van der Waals surface area contributed by atoms with Crippen LogP contribution in [-0.4, -0.2) is 15.3 Å². The Hall–Kier alpha value is -2.03. The number of hydrogen-bond donors (Lipinski definition) is 2. The van der Waals surface area contributed by atoms with Crippen molar-refractivity contribution in [2.45, 2.75) is 6.54 Å². The van der Waals surface area contributed by atoms with E-state index in [9.17, 15) is 4.39 Å². The highest BCUT2D eigenvalue weighted by Gasteiger charge is 2.10. The number of nitrogens with one attached hydrogen (secondary N) is 2. The molecule has 0 unspecified atom stereocenters. The summed E-state index contributed by atoms with van der Waals surface area (Å²) in [6.45, 7) is 0.213. The van der Waals surface area contributed by atoms with Crippen molar-refractivity contribution in [3.63, 3.8) is 0 Å². The summed E-state index contributed by atoms with van der Waals surface area (Å²) < 4.78 is 19.6.